The number of aryl methyl sites for hydroxylation is 1. The van der Waals surface area contributed by atoms with E-state index in [2.05, 4.69) is 20.4 Å². The zero-order chi connectivity index (χ0) is 22.5. The van der Waals surface area contributed by atoms with E-state index in [1.54, 1.807) is 22.8 Å². The number of aromatic nitrogens is 4. The van der Waals surface area contributed by atoms with Crippen LogP contribution in [0, 0.1) is 0 Å². The Morgan fingerprint density at radius 1 is 1.12 bits per heavy atom. The number of carbonyl (C=O) groups excluding carboxylic acids is 2. The topological polar surface area (TPSA) is 93.0 Å². The highest BCUT2D eigenvalue weighted by molar-refractivity contribution is 5.94. The van der Waals surface area contributed by atoms with E-state index < -0.39 is 0 Å². The summed E-state index contributed by atoms with van der Waals surface area (Å²) in [7, 11) is 1.58. The number of hydrogen-bond donors (Lipinski definition) is 1. The summed E-state index contributed by atoms with van der Waals surface area (Å²) in [6, 6.07) is 13.5. The molecule has 4 rings (SSSR count). The van der Waals surface area contributed by atoms with Crippen molar-refractivity contribution in [3.8, 4) is 17.1 Å². The molecular weight excluding hydrogens is 404 g/mol. The molecule has 2 amide bonds. The molecule has 0 radical (unpaired) electrons. The second-order valence-electron chi connectivity index (χ2n) is 7.94. The molecule has 1 fully saturated rings. The van der Waals surface area contributed by atoms with E-state index in [0.29, 0.717) is 5.82 Å². The van der Waals surface area contributed by atoms with Gasteiger partial charge in [-0.25, -0.2) is 9.67 Å². The third-order valence-electron chi connectivity index (χ3n) is 5.87. The molecule has 1 saturated carbocycles. The molecule has 0 atom stereocenters. The number of likely N-dealkylation sites (N-methyl/N-ethyl adjacent to an activating group) is 1. The lowest BCUT2D eigenvalue weighted by Crippen LogP contribution is -2.45. The lowest BCUT2D eigenvalue weighted by Gasteiger charge is -2.27. The Balaban J connectivity index is 1.75. The van der Waals surface area contributed by atoms with Gasteiger partial charge in [0.15, 0.2) is 5.82 Å². The van der Waals surface area contributed by atoms with Gasteiger partial charge in [0.25, 0.3) is 5.91 Å². The van der Waals surface area contributed by atoms with Gasteiger partial charge in [-0.15, -0.1) is 5.10 Å². The third-order valence-corrected chi connectivity index (χ3v) is 5.87. The van der Waals surface area contributed by atoms with Crippen molar-refractivity contribution in [3.63, 3.8) is 0 Å². The second-order valence-corrected chi connectivity index (χ2v) is 7.94. The number of carbonyl (C=O) groups is 2. The molecule has 1 N–H and O–H groups in total. The molecule has 1 aromatic carbocycles. The van der Waals surface area contributed by atoms with Crippen LogP contribution in [0.1, 0.15) is 48.9 Å². The second kappa shape index (κ2) is 9.72. The fourth-order valence-corrected chi connectivity index (χ4v) is 4.05. The first-order valence-electron chi connectivity index (χ1n) is 11.1. The van der Waals surface area contributed by atoms with Gasteiger partial charge in [0, 0.05) is 24.3 Å². The molecule has 8 nitrogen and oxygen atoms in total. The number of amides is 2. The number of benzene rings is 1. The Morgan fingerprint density at radius 3 is 2.50 bits per heavy atom. The van der Waals surface area contributed by atoms with Gasteiger partial charge in [0.2, 0.25) is 11.7 Å². The first-order valence-corrected chi connectivity index (χ1v) is 11.1. The normalized spacial score (nSPS) is 13.8. The van der Waals surface area contributed by atoms with Crippen LogP contribution in [0.5, 0.6) is 0 Å². The first kappa shape index (κ1) is 21.7. The Kier molecular flexibility index (Phi) is 6.58. The average Bonchev–Trinajstić information content (AvgIpc) is 3.53. The minimum Gasteiger partial charge on any atom is -0.358 e. The van der Waals surface area contributed by atoms with Crippen LogP contribution in [-0.4, -0.2) is 56.1 Å². The SMILES string of the molecule is CCc1ccc(-n2nc(C(=O)N(CC(=O)NC)C3CCCC3)nc2-c2ccccc2)cn1. The number of pyridine rings is 1. The minimum atomic E-state index is -0.324. The summed E-state index contributed by atoms with van der Waals surface area (Å²) in [5.74, 6) is 0.118. The van der Waals surface area contributed by atoms with Crippen molar-refractivity contribution in [2.45, 2.75) is 45.1 Å². The maximum Gasteiger partial charge on any atom is 0.294 e. The summed E-state index contributed by atoms with van der Waals surface area (Å²) in [6.07, 6.45) is 6.45. The third kappa shape index (κ3) is 4.54. The number of nitrogens with one attached hydrogen (secondary N) is 1. The van der Waals surface area contributed by atoms with Gasteiger partial charge < -0.3 is 10.2 Å². The molecule has 0 unspecified atom stereocenters. The van der Waals surface area contributed by atoms with Gasteiger partial charge >= 0.3 is 0 Å². The first-order chi connectivity index (χ1) is 15.6. The van der Waals surface area contributed by atoms with Crippen LogP contribution in [0.4, 0.5) is 0 Å². The fraction of sp³-hybridized carbons (Fsp3) is 0.375. The molecule has 0 spiro atoms. The van der Waals surface area contributed by atoms with Crippen LogP contribution in [0.25, 0.3) is 17.1 Å². The van der Waals surface area contributed by atoms with Crippen molar-refractivity contribution in [3.05, 3.63) is 60.2 Å². The summed E-state index contributed by atoms with van der Waals surface area (Å²) in [4.78, 5) is 36.4. The monoisotopic (exact) mass is 432 g/mol. The van der Waals surface area contributed by atoms with Crippen LogP contribution in [0.15, 0.2) is 48.7 Å². The Hall–Kier alpha value is -3.55. The van der Waals surface area contributed by atoms with Crippen molar-refractivity contribution in [2.75, 3.05) is 13.6 Å². The van der Waals surface area contributed by atoms with E-state index >= 15 is 0 Å². The average molecular weight is 433 g/mol. The molecule has 3 aromatic rings. The van der Waals surface area contributed by atoms with Gasteiger partial charge in [0.1, 0.15) is 6.54 Å². The summed E-state index contributed by atoms with van der Waals surface area (Å²) < 4.78 is 1.65. The van der Waals surface area contributed by atoms with Crippen molar-refractivity contribution >= 4 is 11.8 Å². The van der Waals surface area contributed by atoms with Crippen LogP contribution in [-0.2, 0) is 11.2 Å². The Morgan fingerprint density at radius 2 is 1.88 bits per heavy atom. The predicted octanol–water partition coefficient (Wildman–Crippen LogP) is 3.02. The van der Waals surface area contributed by atoms with Crippen molar-refractivity contribution in [1.29, 1.82) is 0 Å². The van der Waals surface area contributed by atoms with E-state index in [0.717, 1.165) is 49.0 Å². The summed E-state index contributed by atoms with van der Waals surface area (Å²) >= 11 is 0. The number of rotatable bonds is 7. The summed E-state index contributed by atoms with van der Waals surface area (Å²) in [5.41, 5.74) is 2.55. The highest BCUT2D eigenvalue weighted by Crippen LogP contribution is 2.26. The van der Waals surface area contributed by atoms with E-state index in [9.17, 15) is 9.59 Å². The van der Waals surface area contributed by atoms with Crippen molar-refractivity contribution in [1.82, 2.24) is 30.0 Å². The minimum absolute atomic E-state index is 0.00195. The smallest absolute Gasteiger partial charge is 0.294 e. The fourth-order valence-electron chi connectivity index (χ4n) is 4.05. The molecule has 2 aromatic heterocycles. The zero-order valence-electron chi connectivity index (χ0n) is 18.5. The van der Waals surface area contributed by atoms with Gasteiger partial charge in [-0.1, -0.05) is 50.1 Å². The predicted molar refractivity (Wildman–Crippen MR) is 121 cm³/mol. The molecule has 8 heteroatoms. The molecule has 1 aliphatic carbocycles. The molecule has 0 aliphatic heterocycles. The van der Waals surface area contributed by atoms with Crippen LogP contribution < -0.4 is 5.32 Å². The van der Waals surface area contributed by atoms with Crippen LogP contribution >= 0.6 is 0 Å². The van der Waals surface area contributed by atoms with E-state index in [4.69, 9.17) is 0 Å². The standard InChI is InChI=1S/C24H28N6O2/c1-3-18-13-14-20(15-26-18)30-23(17-9-5-4-6-10-17)27-22(28-30)24(32)29(16-21(31)25-2)19-11-7-8-12-19/h4-6,9-10,13-15,19H,3,7-8,11-12,16H2,1-2H3,(H,25,31). The molecule has 32 heavy (non-hydrogen) atoms. The molecule has 166 valence electrons. The molecule has 0 saturated heterocycles. The van der Waals surface area contributed by atoms with Gasteiger partial charge in [-0.3, -0.25) is 14.6 Å². The molecular formula is C24H28N6O2. The van der Waals surface area contributed by atoms with Crippen molar-refractivity contribution in [2.24, 2.45) is 0 Å². The molecule has 0 bridgehead atoms. The molecule has 2 heterocycles. The van der Waals surface area contributed by atoms with Crippen LogP contribution in [0.2, 0.25) is 0 Å². The van der Waals surface area contributed by atoms with E-state index in [-0.39, 0.29) is 30.2 Å². The Labute approximate surface area is 187 Å². The Bertz CT molecular complexity index is 1070. The number of nitrogens with zero attached hydrogens (tertiary/aromatic N) is 5. The number of hydrogen-bond acceptors (Lipinski definition) is 5. The summed E-state index contributed by atoms with van der Waals surface area (Å²) in [5, 5.41) is 7.20. The van der Waals surface area contributed by atoms with Gasteiger partial charge in [0.05, 0.1) is 11.9 Å². The maximum absolute atomic E-state index is 13.5. The van der Waals surface area contributed by atoms with Crippen molar-refractivity contribution < 1.29 is 9.59 Å². The lowest BCUT2D eigenvalue weighted by molar-refractivity contribution is -0.121. The highest BCUT2D eigenvalue weighted by atomic mass is 16.2. The highest BCUT2D eigenvalue weighted by Gasteiger charge is 2.32. The van der Waals surface area contributed by atoms with Gasteiger partial charge in [-0.05, 0) is 31.4 Å². The van der Waals surface area contributed by atoms with E-state index in [1.807, 2.05) is 49.4 Å². The summed E-state index contributed by atoms with van der Waals surface area (Å²) in [6.45, 7) is 2.05. The zero-order valence-corrected chi connectivity index (χ0v) is 18.5. The van der Waals surface area contributed by atoms with Gasteiger partial charge in [-0.2, -0.15) is 0 Å². The molecule has 1 aliphatic rings. The lowest BCUT2D eigenvalue weighted by atomic mass is 10.2. The van der Waals surface area contributed by atoms with E-state index in [1.165, 1.54) is 0 Å². The maximum atomic E-state index is 13.5. The van der Waals surface area contributed by atoms with Crippen LogP contribution in [0.3, 0.4) is 0 Å². The quantitative estimate of drug-likeness (QED) is 0.619. The largest absolute Gasteiger partial charge is 0.358 e.